The fourth-order valence-corrected chi connectivity index (χ4v) is 5.11. The molecule has 0 amide bonds. The summed E-state index contributed by atoms with van der Waals surface area (Å²) in [5.41, 5.74) is -0.743. The normalized spacial score (nSPS) is 23.3. The molecule has 128 valence electrons. The van der Waals surface area contributed by atoms with Crippen molar-refractivity contribution in [1.29, 1.82) is 0 Å². The zero-order valence-corrected chi connectivity index (χ0v) is 13.3. The second-order valence-electron chi connectivity index (χ2n) is 5.87. The molecule has 0 saturated carbocycles. The molecule has 5 nitrogen and oxygen atoms in total. The molecule has 1 aromatic rings. The van der Waals surface area contributed by atoms with Crippen molar-refractivity contribution in [3.63, 3.8) is 0 Å². The van der Waals surface area contributed by atoms with Crippen LogP contribution in [0.15, 0.2) is 18.3 Å². The molecular weight excluding hydrogens is 331 g/mol. The summed E-state index contributed by atoms with van der Waals surface area (Å²) in [6.07, 6.45) is -1.43. The summed E-state index contributed by atoms with van der Waals surface area (Å²) in [6, 6.07) is 2.19. The third-order valence-corrected chi connectivity index (χ3v) is 6.40. The van der Waals surface area contributed by atoms with Crippen LogP contribution in [0.4, 0.5) is 19.0 Å². The lowest BCUT2D eigenvalue weighted by Crippen LogP contribution is -2.46. The molecule has 2 fully saturated rings. The molecule has 2 aliphatic rings. The number of rotatable bonds is 2. The molecule has 0 atom stereocenters. The minimum absolute atomic E-state index is 0.0669. The second-order valence-corrected chi connectivity index (χ2v) is 7.91. The van der Waals surface area contributed by atoms with Crippen molar-refractivity contribution in [3.05, 3.63) is 23.9 Å². The first kappa shape index (κ1) is 16.5. The average molecular weight is 349 g/mol. The predicted octanol–water partition coefficient (Wildman–Crippen LogP) is 2.10. The van der Waals surface area contributed by atoms with Crippen LogP contribution in [-0.4, -0.2) is 49.1 Å². The molecule has 1 aromatic heterocycles. The maximum absolute atomic E-state index is 13.1. The van der Waals surface area contributed by atoms with Gasteiger partial charge in [0, 0.05) is 31.9 Å². The third kappa shape index (κ3) is 3.30. The van der Waals surface area contributed by atoms with E-state index >= 15 is 0 Å². The van der Waals surface area contributed by atoms with E-state index < -0.39 is 21.8 Å². The van der Waals surface area contributed by atoms with Gasteiger partial charge < -0.3 is 4.90 Å². The van der Waals surface area contributed by atoms with E-state index in [-0.39, 0.29) is 17.6 Å². The molecule has 3 heterocycles. The molecule has 0 aromatic carbocycles. The average Bonchev–Trinajstić information content (AvgIpc) is 2.86. The smallest absolute Gasteiger partial charge is 0.356 e. The van der Waals surface area contributed by atoms with Gasteiger partial charge in [-0.15, -0.1) is 0 Å². The molecule has 0 unspecified atom stereocenters. The number of nitrogens with zero attached hydrogens (tertiary/aromatic N) is 3. The predicted molar refractivity (Wildman–Crippen MR) is 79.6 cm³/mol. The summed E-state index contributed by atoms with van der Waals surface area (Å²) in [5, 5.41) is 0. The first-order valence-corrected chi connectivity index (χ1v) is 9.16. The zero-order chi connectivity index (χ0) is 16.7. The van der Waals surface area contributed by atoms with Crippen molar-refractivity contribution >= 4 is 15.8 Å². The maximum atomic E-state index is 13.1. The van der Waals surface area contributed by atoms with Crippen molar-refractivity contribution in [2.24, 2.45) is 0 Å². The Bertz CT molecular complexity index is 670. The summed E-state index contributed by atoms with van der Waals surface area (Å²) in [4.78, 5) is 5.49. The number of anilines is 1. The molecular formula is C14H18F3N3O2S. The largest absolute Gasteiger partial charge is 0.419 e. The van der Waals surface area contributed by atoms with Gasteiger partial charge in [0.15, 0.2) is 0 Å². The quantitative estimate of drug-likeness (QED) is 0.821. The van der Waals surface area contributed by atoms with Crippen LogP contribution in [0.3, 0.4) is 0 Å². The van der Waals surface area contributed by atoms with Crippen LogP contribution in [0, 0.1) is 0 Å². The molecule has 0 radical (unpaired) electrons. The Hall–Kier alpha value is -1.35. The van der Waals surface area contributed by atoms with Gasteiger partial charge in [0.2, 0.25) is 10.0 Å². The van der Waals surface area contributed by atoms with Crippen molar-refractivity contribution in [2.75, 3.05) is 30.3 Å². The first-order valence-electron chi connectivity index (χ1n) is 7.56. The summed E-state index contributed by atoms with van der Waals surface area (Å²) in [7, 11) is -3.18. The van der Waals surface area contributed by atoms with Crippen LogP contribution >= 0.6 is 0 Å². The molecule has 0 N–H and O–H groups in total. The van der Waals surface area contributed by atoms with Crippen LogP contribution in [0.25, 0.3) is 0 Å². The van der Waals surface area contributed by atoms with E-state index in [4.69, 9.17) is 0 Å². The topological polar surface area (TPSA) is 53.5 Å². The van der Waals surface area contributed by atoms with Crippen LogP contribution in [0.2, 0.25) is 0 Å². The Labute approximate surface area is 133 Å². The van der Waals surface area contributed by atoms with E-state index in [2.05, 4.69) is 4.98 Å². The van der Waals surface area contributed by atoms with Crippen LogP contribution in [0.5, 0.6) is 0 Å². The number of sulfonamides is 1. The van der Waals surface area contributed by atoms with E-state index in [0.29, 0.717) is 38.9 Å². The minimum Gasteiger partial charge on any atom is -0.356 e. The number of hydrogen-bond donors (Lipinski definition) is 0. The fraction of sp³-hybridized carbons (Fsp3) is 0.643. The van der Waals surface area contributed by atoms with Crippen molar-refractivity contribution in [1.82, 2.24) is 9.29 Å². The summed E-state index contributed by atoms with van der Waals surface area (Å²) in [6.45, 7) is 1.26. The number of pyridine rings is 1. The number of halogens is 3. The number of alkyl halides is 3. The lowest BCUT2D eigenvalue weighted by atomic mass is 10.0. The number of aromatic nitrogens is 1. The lowest BCUT2D eigenvalue weighted by Gasteiger charge is -2.37. The van der Waals surface area contributed by atoms with E-state index in [1.165, 1.54) is 16.6 Å². The highest BCUT2D eigenvalue weighted by molar-refractivity contribution is 7.89. The van der Waals surface area contributed by atoms with Crippen LogP contribution in [-0.2, 0) is 16.2 Å². The van der Waals surface area contributed by atoms with Crippen molar-refractivity contribution < 1.29 is 21.6 Å². The number of hydrogen-bond acceptors (Lipinski definition) is 4. The second kappa shape index (κ2) is 5.94. The third-order valence-electron chi connectivity index (χ3n) is 4.40. The Balaban J connectivity index is 1.73. The van der Waals surface area contributed by atoms with E-state index in [1.54, 1.807) is 4.90 Å². The maximum Gasteiger partial charge on any atom is 0.419 e. The van der Waals surface area contributed by atoms with Crippen molar-refractivity contribution in [2.45, 2.75) is 31.5 Å². The molecule has 0 spiro atoms. The van der Waals surface area contributed by atoms with Crippen LogP contribution < -0.4 is 4.90 Å². The lowest BCUT2D eigenvalue weighted by molar-refractivity contribution is -0.137. The highest BCUT2D eigenvalue weighted by Crippen LogP contribution is 2.36. The van der Waals surface area contributed by atoms with Crippen molar-refractivity contribution in [3.8, 4) is 0 Å². The van der Waals surface area contributed by atoms with Gasteiger partial charge in [-0.3, -0.25) is 0 Å². The van der Waals surface area contributed by atoms with Gasteiger partial charge >= 0.3 is 6.18 Å². The highest BCUT2D eigenvalue weighted by atomic mass is 32.2. The number of piperidine rings is 1. The van der Waals surface area contributed by atoms with Gasteiger partial charge in [-0.05, 0) is 31.4 Å². The van der Waals surface area contributed by atoms with Crippen LogP contribution in [0.1, 0.15) is 24.8 Å². The molecule has 3 rings (SSSR count). The molecule has 0 bridgehead atoms. The molecule has 0 aliphatic carbocycles. The molecule has 9 heteroatoms. The standard InChI is InChI=1S/C14H18F3N3O2S/c15-14(16,17)12-3-1-6-18-13(12)19-8-4-11(5-9-19)20-7-2-10-23(20,21)22/h1,3,6,11H,2,4-5,7-10H2. The Morgan fingerprint density at radius 3 is 2.43 bits per heavy atom. The monoisotopic (exact) mass is 349 g/mol. The first-order chi connectivity index (χ1) is 10.8. The molecule has 2 saturated heterocycles. The van der Waals surface area contributed by atoms with Gasteiger partial charge in [0.1, 0.15) is 5.82 Å². The summed E-state index contributed by atoms with van der Waals surface area (Å²) in [5.74, 6) is 0.105. The van der Waals surface area contributed by atoms with Gasteiger partial charge in [0.05, 0.1) is 11.3 Å². The molecule has 2 aliphatic heterocycles. The minimum atomic E-state index is -4.45. The van der Waals surface area contributed by atoms with E-state index in [1.807, 2.05) is 0 Å². The van der Waals surface area contributed by atoms with E-state index in [9.17, 15) is 21.6 Å². The van der Waals surface area contributed by atoms with Gasteiger partial charge in [-0.2, -0.15) is 17.5 Å². The SMILES string of the molecule is O=S1(=O)CCCN1C1CCN(c2ncccc2C(F)(F)F)CC1. The Morgan fingerprint density at radius 2 is 1.87 bits per heavy atom. The fourth-order valence-electron chi connectivity index (χ4n) is 3.30. The summed E-state index contributed by atoms with van der Waals surface area (Å²) < 4.78 is 64.6. The van der Waals surface area contributed by atoms with Gasteiger partial charge in [-0.1, -0.05) is 0 Å². The molecule has 23 heavy (non-hydrogen) atoms. The Morgan fingerprint density at radius 1 is 1.17 bits per heavy atom. The zero-order valence-electron chi connectivity index (χ0n) is 12.5. The summed E-state index contributed by atoms with van der Waals surface area (Å²) >= 11 is 0. The highest BCUT2D eigenvalue weighted by Gasteiger charge is 2.39. The van der Waals surface area contributed by atoms with Gasteiger partial charge in [-0.25, -0.2) is 13.4 Å². The van der Waals surface area contributed by atoms with Gasteiger partial charge in [0.25, 0.3) is 0 Å². The Kier molecular flexibility index (Phi) is 4.26. The van der Waals surface area contributed by atoms with E-state index in [0.717, 1.165) is 6.07 Å².